The van der Waals surface area contributed by atoms with E-state index < -0.39 is 5.60 Å². The maximum Gasteiger partial charge on any atom is 0.407 e. The average Bonchev–Trinajstić information content (AvgIpc) is 2.99. The highest BCUT2D eigenvalue weighted by Gasteiger charge is 2.27. The SMILES string of the molecule is CC(C)(C)OC(=O)N[C@H](CCCc1cccnc1)C1CCCC1. The third-order valence-electron chi connectivity index (χ3n) is 4.37. The van der Waals surface area contributed by atoms with Gasteiger partial charge in [0.2, 0.25) is 0 Å². The van der Waals surface area contributed by atoms with E-state index in [0.717, 1.165) is 19.3 Å². The van der Waals surface area contributed by atoms with E-state index in [9.17, 15) is 4.79 Å². The van der Waals surface area contributed by atoms with Gasteiger partial charge in [-0.25, -0.2) is 4.79 Å². The average molecular weight is 318 g/mol. The first kappa shape index (κ1) is 17.8. The Morgan fingerprint density at radius 1 is 1.39 bits per heavy atom. The third-order valence-corrected chi connectivity index (χ3v) is 4.37. The summed E-state index contributed by atoms with van der Waals surface area (Å²) in [7, 11) is 0. The minimum Gasteiger partial charge on any atom is -0.444 e. The fraction of sp³-hybridized carbons (Fsp3) is 0.684. The van der Waals surface area contributed by atoms with Gasteiger partial charge in [-0.1, -0.05) is 18.9 Å². The van der Waals surface area contributed by atoms with Crippen molar-refractivity contribution in [1.29, 1.82) is 0 Å². The Morgan fingerprint density at radius 2 is 2.13 bits per heavy atom. The second kappa shape index (κ2) is 8.32. The molecule has 1 amide bonds. The first-order valence-corrected chi connectivity index (χ1v) is 8.82. The maximum absolute atomic E-state index is 12.1. The van der Waals surface area contributed by atoms with Crippen LogP contribution in [0.2, 0.25) is 0 Å². The van der Waals surface area contributed by atoms with Crippen molar-refractivity contribution < 1.29 is 9.53 Å². The van der Waals surface area contributed by atoms with Gasteiger partial charge in [0, 0.05) is 18.4 Å². The largest absolute Gasteiger partial charge is 0.444 e. The normalized spacial score (nSPS) is 17.0. The summed E-state index contributed by atoms with van der Waals surface area (Å²) < 4.78 is 5.43. The van der Waals surface area contributed by atoms with Crippen molar-refractivity contribution in [3.05, 3.63) is 30.1 Å². The number of carbonyl (C=O) groups excluding carboxylic acids is 1. The van der Waals surface area contributed by atoms with E-state index in [1.165, 1.54) is 31.2 Å². The second-order valence-corrected chi connectivity index (χ2v) is 7.55. The molecular weight excluding hydrogens is 288 g/mol. The van der Waals surface area contributed by atoms with Crippen LogP contribution in [0.5, 0.6) is 0 Å². The monoisotopic (exact) mass is 318 g/mol. The van der Waals surface area contributed by atoms with Crippen molar-refractivity contribution in [3.63, 3.8) is 0 Å². The first-order chi connectivity index (χ1) is 10.9. The number of alkyl carbamates (subject to hydrolysis) is 1. The van der Waals surface area contributed by atoms with E-state index in [2.05, 4.69) is 16.4 Å². The fourth-order valence-corrected chi connectivity index (χ4v) is 3.32. The Labute approximate surface area is 140 Å². The molecule has 0 aliphatic heterocycles. The number of aryl methyl sites for hydroxylation is 1. The second-order valence-electron chi connectivity index (χ2n) is 7.55. The van der Waals surface area contributed by atoms with Gasteiger partial charge in [0.05, 0.1) is 0 Å². The molecular formula is C19H30N2O2. The van der Waals surface area contributed by atoms with Crippen molar-refractivity contribution in [3.8, 4) is 0 Å². The van der Waals surface area contributed by atoms with E-state index >= 15 is 0 Å². The predicted molar refractivity (Wildman–Crippen MR) is 92.3 cm³/mol. The van der Waals surface area contributed by atoms with Crippen LogP contribution < -0.4 is 5.32 Å². The molecule has 23 heavy (non-hydrogen) atoms. The van der Waals surface area contributed by atoms with E-state index in [1.54, 1.807) is 6.20 Å². The van der Waals surface area contributed by atoms with Gasteiger partial charge in [0.1, 0.15) is 5.60 Å². The molecule has 1 atom stereocenters. The summed E-state index contributed by atoms with van der Waals surface area (Å²) in [6.07, 6.45) is 11.5. The molecule has 1 fully saturated rings. The van der Waals surface area contributed by atoms with Gasteiger partial charge < -0.3 is 10.1 Å². The molecule has 2 rings (SSSR count). The minimum atomic E-state index is -0.444. The van der Waals surface area contributed by atoms with E-state index in [0.29, 0.717) is 5.92 Å². The molecule has 4 nitrogen and oxygen atoms in total. The lowest BCUT2D eigenvalue weighted by atomic mass is 9.93. The van der Waals surface area contributed by atoms with Crippen molar-refractivity contribution in [2.24, 2.45) is 5.92 Å². The van der Waals surface area contributed by atoms with Crippen LogP contribution in [0.3, 0.4) is 0 Å². The van der Waals surface area contributed by atoms with Crippen LogP contribution in [-0.4, -0.2) is 22.7 Å². The smallest absolute Gasteiger partial charge is 0.407 e. The molecule has 1 N–H and O–H groups in total. The highest BCUT2D eigenvalue weighted by atomic mass is 16.6. The topological polar surface area (TPSA) is 51.2 Å². The van der Waals surface area contributed by atoms with Gasteiger partial charge in [-0.05, 0) is 70.4 Å². The van der Waals surface area contributed by atoms with Crippen LogP contribution in [0, 0.1) is 5.92 Å². The molecule has 1 aliphatic rings. The van der Waals surface area contributed by atoms with Crippen LogP contribution in [0.4, 0.5) is 4.79 Å². The molecule has 0 aromatic carbocycles. The van der Waals surface area contributed by atoms with E-state index in [4.69, 9.17) is 4.74 Å². The molecule has 0 saturated heterocycles. The van der Waals surface area contributed by atoms with Crippen LogP contribution in [0.25, 0.3) is 0 Å². The Kier molecular flexibility index (Phi) is 6.43. The van der Waals surface area contributed by atoms with Crippen molar-refractivity contribution in [2.75, 3.05) is 0 Å². The molecule has 4 heteroatoms. The van der Waals surface area contributed by atoms with Gasteiger partial charge in [-0.3, -0.25) is 4.98 Å². The van der Waals surface area contributed by atoms with Gasteiger partial charge in [-0.15, -0.1) is 0 Å². The molecule has 0 radical (unpaired) electrons. The number of carbonyl (C=O) groups is 1. The number of amides is 1. The maximum atomic E-state index is 12.1. The molecule has 0 spiro atoms. The molecule has 1 aromatic heterocycles. The molecule has 0 unspecified atom stereocenters. The number of nitrogens with zero attached hydrogens (tertiary/aromatic N) is 1. The van der Waals surface area contributed by atoms with Gasteiger partial charge in [0.25, 0.3) is 0 Å². The zero-order valence-corrected chi connectivity index (χ0v) is 14.7. The zero-order chi connectivity index (χ0) is 16.7. The number of hydrogen-bond acceptors (Lipinski definition) is 3. The lowest BCUT2D eigenvalue weighted by Gasteiger charge is -2.27. The molecule has 1 aliphatic carbocycles. The Bertz CT molecular complexity index is 476. The van der Waals surface area contributed by atoms with Crippen molar-refractivity contribution in [1.82, 2.24) is 10.3 Å². The predicted octanol–water partition coefficient (Wildman–Crippen LogP) is 4.49. The van der Waals surface area contributed by atoms with Crippen LogP contribution >= 0.6 is 0 Å². The summed E-state index contributed by atoms with van der Waals surface area (Å²) >= 11 is 0. The van der Waals surface area contributed by atoms with E-state index in [-0.39, 0.29) is 12.1 Å². The Morgan fingerprint density at radius 3 is 2.74 bits per heavy atom. The van der Waals surface area contributed by atoms with E-state index in [1.807, 2.05) is 33.0 Å². The standard InChI is InChI=1S/C19H30N2O2/c1-19(2,3)23-18(22)21-17(16-10-4-5-11-16)12-6-8-15-9-7-13-20-14-15/h7,9,13-14,16-17H,4-6,8,10-12H2,1-3H3,(H,21,22)/t17-/m1/s1. The molecule has 1 saturated carbocycles. The number of ether oxygens (including phenoxy) is 1. The Balaban J connectivity index is 1.85. The highest BCUT2D eigenvalue weighted by Crippen LogP contribution is 2.30. The molecule has 128 valence electrons. The van der Waals surface area contributed by atoms with Gasteiger partial charge in [0.15, 0.2) is 0 Å². The van der Waals surface area contributed by atoms with Gasteiger partial charge >= 0.3 is 6.09 Å². The summed E-state index contributed by atoms with van der Waals surface area (Å²) in [6, 6.07) is 4.31. The lowest BCUT2D eigenvalue weighted by molar-refractivity contribution is 0.0482. The molecule has 0 bridgehead atoms. The van der Waals surface area contributed by atoms with Gasteiger partial charge in [-0.2, -0.15) is 0 Å². The number of aromatic nitrogens is 1. The number of nitrogens with one attached hydrogen (secondary N) is 1. The van der Waals surface area contributed by atoms with Crippen LogP contribution in [-0.2, 0) is 11.2 Å². The summed E-state index contributed by atoms with van der Waals surface area (Å²) in [5.41, 5.74) is 0.815. The quantitative estimate of drug-likeness (QED) is 0.841. The lowest BCUT2D eigenvalue weighted by Crippen LogP contribution is -2.42. The third kappa shape index (κ3) is 6.59. The summed E-state index contributed by atoms with van der Waals surface area (Å²) in [4.78, 5) is 16.3. The summed E-state index contributed by atoms with van der Waals surface area (Å²) in [5.74, 6) is 0.594. The zero-order valence-electron chi connectivity index (χ0n) is 14.7. The number of rotatable bonds is 6. The van der Waals surface area contributed by atoms with Crippen LogP contribution in [0.1, 0.15) is 64.9 Å². The highest BCUT2D eigenvalue weighted by molar-refractivity contribution is 5.68. The van der Waals surface area contributed by atoms with Crippen molar-refractivity contribution >= 4 is 6.09 Å². The minimum absolute atomic E-state index is 0.226. The fourth-order valence-electron chi connectivity index (χ4n) is 3.32. The van der Waals surface area contributed by atoms with Crippen molar-refractivity contribution in [2.45, 2.75) is 77.4 Å². The molecule has 1 aromatic rings. The Hall–Kier alpha value is -1.58. The summed E-state index contributed by atoms with van der Waals surface area (Å²) in [5, 5.41) is 3.12. The van der Waals surface area contributed by atoms with Crippen LogP contribution in [0.15, 0.2) is 24.5 Å². The number of pyridine rings is 1. The number of hydrogen-bond donors (Lipinski definition) is 1. The molecule has 1 heterocycles. The summed E-state index contributed by atoms with van der Waals surface area (Å²) in [6.45, 7) is 5.71. The first-order valence-electron chi connectivity index (χ1n) is 8.82.